The third-order valence-electron chi connectivity index (χ3n) is 3.00. The molecule has 4 heteroatoms. The standard InChI is InChI=1S/C16H16FNO2/c1-11-7-8-13(10-14(11)17)18-16(19)9-12-5-3-4-6-15(12)20-2/h3-8,10H,9H2,1-2H3,(H,18,19). The van der Waals surface area contributed by atoms with Crippen molar-refractivity contribution in [1.29, 1.82) is 0 Å². The van der Waals surface area contributed by atoms with E-state index in [1.807, 2.05) is 18.2 Å². The summed E-state index contributed by atoms with van der Waals surface area (Å²) in [5, 5.41) is 2.68. The number of carbonyl (C=O) groups is 1. The highest BCUT2D eigenvalue weighted by atomic mass is 19.1. The zero-order valence-corrected chi connectivity index (χ0v) is 11.4. The van der Waals surface area contributed by atoms with Gasteiger partial charge in [0.2, 0.25) is 5.91 Å². The number of para-hydroxylation sites is 1. The SMILES string of the molecule is COc1ccccc1CC(=O)Nc1ccc(C)c(F)c1. The lowest BCUT2D eigenvalue weighted by Gasteiger charge is -2.09. The minimum atomic E-state index is -0.333. The van der Waals surface area contributed by atoms with Crippen LogP contribution in [0.1, 0.15) is 11.1 Å². The fourth-order valence-corrected chi connectivity index (χ4v) is 1.90. The lowest BCUT2D eigenvalue weighted by Crippen LogP contribution is -2.15. The van der Waals surface area contributed by atoms with E-state index in [4.69, 9.17) is 4.74 Å². The maximum atomic E-state index is 13.4. The summed E-state index contributed by atoms with van der Waals surface area (Å²) in [6.45, 7) is 1.68. The molecule has 0 spiro atoms. The lowest BCUT2D eigenvalue weighted by atomic mass is 10.1. The molecule has 104 valence electrons. The zero-order chi connectivity index (χ0) is 14.5. The van der Waals surface area contributed by atoms with E-state index in [1.54, 1.807) is 32.2 Å². The number of benzene rings is 2. The predicted molar refractivity (Wildman–Crippen MR) is 76.5 cm³/mol. The van der Waals surface area contributed by atoms with Gasteiger partial charge in [0.15, 0.2) is 0 Å². The van der Waals surface area contributed by atoms with Gasteiger partial charge in [-0.05, 0) is 30.7 Å². The number of carbonyl (C=O) groups excluding carboxylic acids is 1. The summed E-state index contributed by atoms with van der Waals surface area (Å²) < 4.78 is 18.6. The minimum Gasteiger partial charge on any atom is -0.496 e. The normalized spacial score (nSPS) is 10.2. The summed E-state index contributed by atoms with van der Waals surface area (Å²) in [5.41, 5.74) is 1.79. The molecule has 3 nitrogen and oxygen atoms in total. The summed E-state index contributed by atoms with van der Waals surface area (Å²) in [4.78, 5) is 12.0. The van der Waals surface area contributed by atoms with Crippen molar-refractivity contribution in [2.24, 2.45) is 0 Å². The van der Waals surface area contributed by atoms with Gasteiger partial charge >= 0.3 is 0 Å². The number of hydrogen-bond acceptors (Lipinski definition) is 2. The highest BCUT2D eigenvalue weighted by Crippen LogP contribution is 2.19. The number of aryl methyl sites for hydroxylation is 1. The molecular weight excluding hydrogens is 257 g/mol. The van der Waals surface area contributed by atoms with Crippen LogP contribution in [-0.4, -0.2) is 13.0 Å². The molecule has 2 aromatic rings. The first-order valence-electron chi connectivity index (χ1n) is 6.28. The van der Waals surface area contributed by atoms with Crippen LogP contribution in [0.2, 0.25) is 0 Å². The molecule has 2 aromatic carbocycles. The molecule has 0 aliphatic carbocycles. The maximum Gasteiger partial charge on any atom is 0.228 e. The van der Waals surface area contributed by atoms with E-state index in [-0.39, 0.29) is 18.1 Å². The largest absolute Gasteiger partial charge is 0.496 e. The van der Waals surface area contributed by atoms with Gasteiger partial charge in [0, 0.05) is 11.3 Å². The molecule has 0 aliphatic heterocycles. The average molecular weight is 273 g/mol. The quantitative estimate of drug-likeness (QED) is 0.928. The van der Waals surface area contributed by atoms with E-state index >= 15 is 0 Å². The highest BCUT2D eigenvalue weighted by Gasteiger charge is 2.09. The molecule has 0 saturated carbocycles. The summed E-state index contributed by atoms with van der Waals surface area (Å²) >= 11 is 0. The molecule has 0 bridgehead atoms. The molecule has 0 fully saturated rings. The van der Waals surface area contributed by atoms with Crippen LogP contribution in [0.4, 0.5) is 10.1 Å². The van der Waals surface area contributed by atoms with Gasteiger partial charge in [-0.3, -0.25) is 4.79 Å². The van der Waals surface area contributed by atoms with Crippen LogP contribution in [0.25, 0.3) is 0 Å². The molecule has 2 rings (SSSR count). The molecule has 0 saturated heterocycles. The number of ether oxygens (including phenoxy) is 1. The van der Waals surface area contributed by atoms with E-state index in [1.165, 1.54) is 6.07 Å². The van der Waals surface area contributed by atoms with Crippen LogP contribution in [0.3, 0.4) is 0 Å². The third-order valence-corrected chi connectivity index (χ3v) is 3.00. The Morgan fingerprint density at radius 3 is 2.70 bits per heavy atom. The number of anilines is 1. The van der Waals surface area contributed by atoms with Crippen molar-refractivity contribution in [3.63, 3.8) is 0 Å². The van der Waals surface area contributed by atoms with Gasteiger partial charge in [-0.15, -0.1) is 0 Å². The van der Waals surface area contributed by atoms with Crippen LogP contribution < -0.4 is 10.1 Å². The van der Waals surface area contributed by atoms with E-state index in [9.17, 15) is 9.18 Å². The van der Waals surface area contributed by atoms with Crippen molar-refractivity contribution >= 4 is 11.6 Å². The second kappa shape index (κ2) is 6.19. The van der Waals surface area contributed by atoms with E-state index in [0.29, 0.717) is 17.0 Å². The first kappa shape index (κ1) is 14.1. The molecule has 1 amide bonds. The highest BCUT2D eigenvalue weighted by molar-refractivity contribution is 5.92. The topological polar surface area (TPSA) is 38.3 Å². The Bertz CT molecular complexity index is 626. The van der Waals surface area contributed by atoms with Crippen molar-refractivity contribution < 1.29 is 13.9 Å². The molecule has 0 radical (unpaired) electrons. The van der Waals surface area contributed by atoms with Crippen molar-refractivity contribution in [2.75, 3.05) is 12.4 Å². The van der Waals surface area contributed by atoms with Gasteiger partial charge in [0.05, 0.1) is 13.5 Å². The smallest absolute Gasteiger partial charge is 0.228 e. The van der Waals surface area contributed by atoms with Crippen LogP contribution in [-0.2, 0) is 11.2 Å². The maximum absolute atomic E-state index is 13.4. The molecule has 0 atom stereocenters. The van der Waals surface area contributed by atoms with Gasteiger partial charge in [-0.2, -0.15) is 0 Å². The zero-order valence-electron chi connectivity index (χ0n) is 11.4. The molecule has 0 aromatic heterocycles. The summed E-state index contributed by atoms with van der Waals surface area (Å²) in [7, 11) is 1.56. The van der Waals surface area contributed by atoms with Crippen molar-refractivity contribution in [1.82, 2.24) is 0 Å². The van der Waals surface area contributed by atoms with E-state index < -0.39 is 0 Å². The first-order valence-corrected chi connectivity index (χ1v) is 6.28. The second-order valence-electron chi connectivity index (χ2n) is 4.50. The molecule has 0 heterocycles. The fraction of sp³-hybridized carbons (Fsp3) is 0.188. The number of rotatable bonds is 4. The number of halogens is 1. The van der Waals surface area contributed by atoms with Crippen LogP contribution in [0.5, 0.6) is 5.75 Å². The molecule has 0 unspecified atom stereocenters. The second-order valence-corrected chi connectivity index (χ2v) is 4.50. The Hall–Kier alpha value is -2.36. The average Bonchev–Trinajstić information content (AvgIpc) is 2.43. The monoisotopic (exact) mass is 273 g/mol. The van der Waals surface area contributed by atoms with E-state index in [2.05, 4.69) is 5.32 Å². The van der Waals surface area contributed by atoms with Gasteiger partial charge in [0.25, 0.3) is 0 Å². The van der Waals surface area contributed by atoms with Gasteiger partial charge < -0.3 is 10.1 Å². The van der Waals surface area contributed by atoms with Crippen LogP contribution in [0, 0.1) is 12.7 Å². The Balaban J connectivity index is 2.07. The summed E-state index contributed by atoms with van der Waals surface area (Å²) in [5.74, 6) is 0.121. The Kier molecular flexibility index (Phi) is 4.35. The van der Waals surface area contributed by atoms with Gasteiger partial charge in [-0.25, -0.2) is 4.39 Å². The van der Waals surface area contributed by atoms with Crippen molar-refractivity contribution in [3.05, 3.63) is 59.4 Å². The van der Waals surface area contributed by atoms with Crippen molar-refractivity contribution in [2.45, 2.75) is 13.3 Å². The fourth-order valence-electron chi connectivity index (χ4n) is 1.90. The first-order chi connectivity index (χ1) is 9.60. The molecule has 20 heavy (non-hydrogen) atoms. The van der Waals surface area contributed by atoms with E-state index in [0.717, 1.165) is 5.56 Å². The number of methoxy groups -OCH3 is 1. The minimum absolute atomic E-state index is 0.180. The lowest BCUT2D eigenvalue weighted by molar-refractivity contribution is -0.115. The van der Waals surface area contributed by atoms with Crippen LogP contribution in [0.15, 0.2) is 42.5 Å². The molecule has 1 N–H and O–H groups in total. The summed E-state index contributed by atoms with van der Waals surface area (Å²) in [6.07, 6.45) is 0.180. The Morgan fingerprint density at radius 1 is 1.25 bits per heavy atom. The van der Waals surface area contributed by atoms with Gasteiger partial charge in [0.1, 0.15) is 11.6 Å². The number of amides is 1. The van der Waals surface area contributed by atoms with Crippen molar-refractivity contribution in [3.8, 4) is 5.75 Å². The van der Waals surface area contributed by atoms with Gasteiger partial charge in [-0.1, -0.05) is 24.3 Å². The summed E-state index contributed by atoms with van der Waals surface area (Å²) in [6, 6.07) is 11.9. The third kappa shape index (κ3) is 3.35. The molecular formula is C16H16FNO2. The van der Waals surface area contributed by atoms with Crippen LogP contribution >= 0.6 is 0 Å². The Labute approximate surface area is 117 Å². The number of hydrogen-bond donors (Lipinski definition) is 1. The molecule has 0 aliphatic rings. The Morgan fingerprint density at radius 2 is 2.00 bits per heavy atom. The number of nitrogens with one attached hydrogen (secondary N) is 1. The predicted octanol–water partition coefficient (Wildman–Crippen LogP) is 3.32.